The number of hydrogen-bond donors (Lipinski definition) is 2. The average molecular weight is 277 g/mol. The van der Waals surface area contributed by atoms with Crippen molar-refractivity contribution >= 4 is 0 Å². The Morgan fingerprint density at radius 2 is 1.90 bits per heavy atom. The predicted molar refractivity (Wildman–Crippen MR) is 82.3 cm³/mol. The highest BCUT2D eigenvalue weighted by atomic mass is 16.5. The van der Waals surface area contributed by atoms with Crippen molar-refractivity contribution in [3.05, 3.63) is 28.8 Å². The highest BCUT2D eigenvalue weighted by molar-refractivity contribution is 5.45. The van der Waals surface area contributed by atoms with Crippen molar-refractivity contribution < 1.29 is 9.84 Å². The lowest BCUT2D eigenvalue weighted by atomic mass is 9.97. The number of nitrogens with one attached hydrogen (secondary N) is 1. The second kappa shape index (κ2) is 6.59. The van der Waals surface area contributed by atoms with Gasteiger partial charge in [-0.2, -0.15) is 0 Å². The molecule has 1 aromatic carbocycles. The van der Waals surface area contributed by atoms with Gasteiger partial charge < -0.3 is 15.2 Å². The summed E-state index contributed by atoms with van der Waals surface area (Å²) in [6, 6.07) is 4.71. The van der Waals surface area contributed by atoms with E-state index in [4.69, 9.17) is 4.74 Å². The van der Waals surface area contributed by atoms with E-state index < -0.39 is 6.10 Å². The quantitative estimate of drug-likeness (QED) is 0.868. The summed E-state index contributed by atoms with van der Waals surface area (Å²) in [5, 5.41) is 14.2. The number of benzene rings is 1. The van der Waals surface area contributed by atoms with Crippen molar-refractivity contribution in [1.29, 1.82) is 0 Å². The number of rotatable bonds is 5. The number of hydrogen-bond acceptors (Lipinski definition) is 3. The van der Waals surface area contributed by atoms with Gasteiger partial charge in [0.2, 0.25) is 0 Å². The number of ether oxygens (including phenoxy) is 1. The van der Waals surface area contributed by atoms with Gasteiger partial charge in [-0.25, -0.2) is 0 Å². The van der Waals surface area contributed by atoms with E-state index in [1.54, 1.807) is 7.11 Å². The molecule has 1 aliphatic rings. The third kappa shape index (κ3) is 3.33. The molecule has 0 aromatic heterocycles. The molecule has 2 rings (SSSR count). The minimum Gasteiger partial charge on any atom is -0.496 e. The van der Waals surface area contributed by atoms with Gasteiger partial charge in [-0.3, -0.25) is 0 Å². The van der Waals surface area contributed by atoms with Crippen LogP contribution in [-0.2, 0) is 0 Å². The van der Waals surface area contributed by atoms with Crippen LogP contribution in [0.2, 0.25) is 0 Å². The Balaban J connectivity index is 2.16. The Bertz CT molecular complexity index is 453. The fourth-order valence-electron chi connectivity index (χ4n) is 3.31. The highest BCUT2D eigenvalue weighted by Crippen LogP contribution is 2.32. The lowest BCUT2D eigenvalue weighted by Gasteiger charge is -2.26. The molecule has 1 aliphatic carbocycles. The Kier molecular flexibility index (Phi) is 5.06. The average Bonchev–Trinajstić information content (AvgIpc) is 2.89. The van der Waals surface area contributed by atoms with Crippen LogP contribution in [0.4, 0.5) is 0 Å². The van der Waals surface area contributed by atoms with Crippen molar-refractivity contribution in [2.24, 2.45) is 0 Å². The molecule has 1 fully saturated rings. The molecule has 0 heterocycles. The van der Waals surface area contributed by atoms with Crippen LogP contribution in [0.25, 0.3) is 0 Å². The second-order valence-corrected chi connectivity index (χ2v) is 6.09. The number of methoxy groups -OCH3 is 1. The normalized spacial score (nSPS) is 19.1. The van der Waals surface area contributed by atoms with Crippen LogP contribution in [0.5, 0.6) is 5.75 Å². The summed E-state index contributed by atoms with van der Waals surface area (Å²) in [6.45, 7) is 6.13. The zero-order valence-electron chi connectivity index (χ0n) is 13.1. The van der Waals surface area contributed by atoms with E-state index in [1.807, 2.05) is 13.0 Å². The molecule has 20 heavy (non-hydrogen) atoms. The highest BCUT2D eigenvalue weighted by Gasteiger charge is 2.25. The van der Waals surface area contributed by atoms with Gasteiger partial charge in [0.25, 0.3) is 0 Å². The van der Waals surface area contributed by atoms with Gasteiger partial charge >= 0.3 is 0 Å². The van der Waals surface area contributed by atoms with Gasteiger partial charge in [-0.05, 0) is 45.2 Å². The fourth-order valence-corrected chi connectivity index (χ4v) is 3.31. The minimum absolute atomic E-state index is 0.0354. The molecular formula is C17H27NO2. The van der Waals surface area contributed by atoms with Gasteiger partial charge in [0.05, 0.1) is 13.2 Å². The maximum absolute atomic E-state index is 10.7. The van der Waals surface area contributed by atoms with Crippen LogP contribution in [0.3, 0.4) is 0 Å². The number of aryl methyl sites for hydroxylation is 2. The molecule has 3 nitrogen and oxygen atoms in total. The minimum atomic E-state index is -0.538. The Labute approximate surface area is 122 Å². The second-order valence-electron chi connectivity index (χ2n) is 6.09. The lowest BCUT2D eigenvalue weighted by molar-refractivity contribution is 0.126. The maximum Gasteiger partial charge on any atom is 0.127 e. The van der Waals surface area contributed by atoms with E-state index >= 15 is 0 Å². The van der Waals surface area contributed by atoms with Crippen LogP contribution in [0.15, 0.2) is 12.1 Å². The fraction of sp³-hybridized carbons (Fsp3) is 0.647. The van der Waals surface area contributed by atoms with Crippen LogP contribution in [0, 0.1) is 13.8 Å². The van der Waals surface area contributed by atoms with Crippen molar-refractivity contribution in [1.82, 2.24) is 5.32 Å². The first-order valence-corrected chi connectivity index (χ1v) is 7.62. The summed E-state index contributed by atoms with van der Waals surface area (Å²) in [5.41, 5.74) is 3.13. The molecule has 2 atom stereocenters. The van der Waals surface area contributed by atoms with Crippen LogP contribution >= 0.6 is 0 Å². The molecule has 1 saturated carbocycles. The van der Waals surface area contributed by atoms with E-state index in [-0.39, 0.29) is 6.04 Å². The molecule has 0 saturated heterocycles. The molecule has 2 N–H and O–H groups in total. The topological polar surface area (TPSA) is 41.5 Å². The van der Waals surface area contributed by atoms with Gasteiger partial charge in [-0.1, -0.05) is 24.5 Å². The first-order chi connectivity index (χ1) is 9.52. The van der Waals surface area contributed by atoms with Crippen LogP contribution in [-0.4, -0.2) is 24.3 Å². The van der Waals surface area contributed by atoms with E-state index in [0.717, 1.165) is 22.4 Å². The summed E-state index contributed by atoms with van der Waals surface area (Å²) in [4.78, 5) is 0. The predicted octanol–water partition coefficient (Wildman–Crippen LogP) is 3.27. The van der Waals surface area contributed by atoms with Gasteiger partial charge in [0, 0.05) is 17.6 Å². The van der Waals surface area contributed by atoms with Crippen molar-refractivity contribution in [2.75, 3.05) is 7.11 Å². The van der Waals surface area contributed by atoms with E-state index in [0.29, 0.717) is 6.04 Å². The molecule has 3 heteroatoms. The number of aliphatic hydroxyl groups is 1. The third-order valence-electron chi connectivity index (χ3n) is 4.30. The van der Waals surface area contributed by atoms with E-state index in [2.05, 4.69) is 25.2 Å². The summed E-state index contributed by atoms with van der Waals surface area (Å²) in [7, 11) is 1.67. The standard InChI is InChI=1S/C17H27NO2/c1-11-9-12(2)17(20-4)15(10-11)16(19)13(3)18-14-7-5-6-8-14/h9-10,13-14,16,18-19H,5-8H2,1-4H3. The van der Waals surface area contributed by atoms with E-state index in [9.17, 15) is 5.11 Å². The summed E-state index contributed by atoms with van der Waals surface area (Å²) in [5.74, 6) is 0.808. The van der Waals surface area contributed by atoms with Gasteiger partial charge in [0.15, 0.2) is 0 Å². The lowest BCUT2D eigenvalue weighted by Crippen LogP contribution is -2.38. The molecular weight excluding hydrogens is 250 g/mol. The summed E-state index contributed by atoms with van der Waals surface area (Å²) < 4.78 is 5.48. The third-order valence-corrected chi connectivity index (χ3v) is 4.30. The molecule has 1 aromatic rings. The van der Waals surface area contributed by atoms with Gasteiger partial charge in [0.1, 0.15) is 5.75 Å². The smallest absolute Gasteiger partial charge is 0.127 e. The van der Waals surface area contributed by atoms with Crippen molar-refractivity contribution in [2.45, 2.75) is 64.6 Å². The van der Waals surface area contributed by atoms with Crippen LogP contribution < -0.4 is 10.1 Å². The van der Waals surface area contributed by atoms with Gasteiger partial charge in [-0.15, -0.1) is 0 Å². The molecule has 0 spiro atoms. The monoisotopic (exact) mass is 277 g/mol. The van der Waals surface area contributed by atoms with Crippen molar-refractivity contribution in [3.63, 3.8) is 0 Å². The zero-order valence-corrected chi connectivity index (χ0v) is 13.1. The zero-order chi connectivity index (χ0) is 14.7. The van der Waals surface area contributed by atoms with Crippen molar-refractivity contribution in [3.8, 4) is 5.75 Å². The first kappa shape index (κ1) is 15.3. The largest absolute Gasteiger partial charge is 0.496 e. The Hall–Kier alpha value is -1.06. The molecule has 112 valence electrons. The number of aliphatic hydroxyl groups excluding tert-OH is 1. The van der Waals surface area contributed by atoms with Crippen LogP contribution in [0.1, 0.15) is 55.4 Å². The molecule has 0 amide bonds. The first-order valence-electron chi connectivity index (χ1n) is 7.62. The SMILES string of the molecule is COc1c(C)cc(C)cc1C(O)C(C)NC1CCCC1. The molecule has 0 radical (unpaired) electrons. The molecule has 0 bridgehead atoms. The molecule has 2 unspecified atom stereocenters. The maximum atomic E-state index is 10.7. The Morgan fingerprint density at radius 3 is 2.50 bits per heavy atom. The summed E-state index contributed by atoms with van der Waals surface area (Å²) in [6.07, 6.45) is 4.51. The van der Waals surface area contributed by atoms with E-state index in [1.165, 1.54) is 25.7 Å². The molecule has 0 aliphatic heterocycles. The summed E-state index contributed by atoms with van der Waals surface area (Å²) >= 11 is 0. The Morgan fingerprint density at radius 1 is 1.25 bits per heavy atom.